The van der Waals surface area contributed by atoms with Gasteiger partial charge in [-0.2, -0.15) is 0 Å². The molecule has 0 N–H and O–H groups in total. The van der Waals surface area contributed by atoms with Crippen molar-refractivity contribution in [1.29, 1.82) is 0 Å². The molecule has 4 heterocycles. The van der Waals surface area contributed by atoms with Crippen molar-refractivity contribution in [1.82, 2.24) is 29.5 Å². The Morgan fingerprint density at radius 2 is 1.97 bits per heavy atom. The maximum Gasteiger partial charge on any atom is 0.409 e. The van der Waals surface area contributed by atoms with Crippen LogP contribution in [0.25, 0.3) is 11.4 Å². The Morgan fingerprint density at radius 3 is 2.69 bits per heavy atom. The predicted molar refractivity (Wildman–Crippen MR) is 115 cm³/mol. The molecule has 0 radical (unpaired) electrons. The second kappa shape index (κ2) is 8.31. The van der Waals surface area contributed by atoms with E-state index in [1.54, 1.807) is 23.4 Å². The topological polar surface area (TPSA) is 76.4 Å². The predicted octanol–water partition coefficient (Wildman–Crippen LogP) is 3.05. The van der Waals surface area contributed by atoms with Gasteiger partial charge in [-0.15, -0.1) is 10.2 Å². The first-order valence-electron chi connectivity index (χ1n) is 10.7. The first-order chi connectivity index (χ1) is 15.6. The third-order valence-electron chi connectivity index (χ3n) is 6.51. The molecule has 2 aliphatic heterocycles. The molecule has 3 aromatic rings. The normalized spacial score (nSPS) is 17.9. The molecule has 0 bridgehead atoms. The fourth-order valence-electron chi connectivity index (χ4n) is 4.89. The lowest BCUT2D eigenvalue weighted by Crippen LogP contribution is -2.57. The highest BCUT2D eigenvalue weighted by molar-refractivity contribution is 5.68. The van der Waals surface area contributed by atoms with Crippen molar-refractivity contribution in [2.45, 2.75) is 31.5 Å². The van der Waals surface area contributed by atoms with Crippen LogP contribution in [0, 0.1) is 5.82 Å². The minimum absolute atomic E-state index is 0.178. The van der Waals surface area contributed by atoms with E-state index in [2.05, 4.69) is 24.6 Å². The van der Waals surface area contributed by atoms with Gasteiger partial charge in [0.05, 0.1) is 19.2 Å². The van der Waals surface area contributed by atoms with E-state index in [-0.39, 0.29) is 17.4 Å². The minimum atomic E-state index is -0.365. The maximum atomic E-state index is 14.2. The highest BCUT2D eigenvalue weighted by Crippen LogP contribution is 2.39. The van der Waals surface area contributed by atoms with Crippen molar-refractivity contribution < 1.29 is 13.9 Å². The van der Waals surface area contributed by atoms with E-state index in [9.17, 15) is 9.18 Å². The van der Waals surface area contributed by atoms with Gasteiger partial charge in [-0.1, -0.05) is 18.2 Å². The Hall–Kier alpha value is -3.33. The van der Waals surface area contributed by atoms with E-state index in [0.29, 0.717) is 25.2 Å². The number of ether oxygens (including phenoxy) is 1. The van der Waals surface area contributed by atoms with Crippen LogP contribution in [0.5, 0.6) is 0 Å². The molecular formula is C23H25FN6O2. The number of halogens is 1. The van der Waals surface area contributed by atoms with E-state index in [4.69, 9.17) is 4.74 Å². The van der Waals surface area contributed by atoms with Crippen molar-refractivity contribution in [3.8, 4) is 11.4 Å². The number of rotatable bonds is 3. The van der Waals surface area contributed by atoms with E-state index in [1.807, 2.05) is 24.3 Å². The van der Waals surface area contributed by atoms with Gasteiger partial charge in [-0.05, 0) is 31.0 Å². The van der Waals surface area contributed by atoms with E-state index in [1.165, 1.54) is 13.2 Å². The summed E-state index contributed by atoms with van der Waals surface area (Å²) < 4.78 is 21.4. The molecule has 0 aliphatic carbocycles. The summed E-state index contributed by atoms with van der Waals surface area (Å²) >= 11 is 0. The average molecular weight is 436 g/mol. The van der Waals surface area contributed by atoms with Gasteiger partial charge in [-0.25, -0.2) is 9.18 Å². The molecule has 0 saturated carbocycles. The van der Waals surface area contributed by atoms with Gasteiger partial charge in [0.2, 0.25) is 0 Å². The molecule has 1 fully saturated rings. The molecule has 9 heteroatoms. The standard InChI is InChI=1S/C23H25FN6O2/c1-32-22(31)29-15-20-26-27-21(17-6-4-10-25-13-17)30(20)23(16-29)8-11-28(12-9-23)14-18-5-2-3-7-19(18)24/h2-7,10,13H,8-9,11-12,14-16H2,1H3. The lowest BCUT2D eigenvalue weighted by atomic mass is 9.84. The number of hydrogen-bond donors (Lipinski definition) is 0. The van der Waals surface area contributed by atoms with Crippen LogP contribution in [0.2, 0.25) is 0 Å². The second-order valence-electron chi connectivity index (χ2n) is 8.43. The molecule has 8 nitrogen and oxygen atoms in total. The number of pyridine rings is 1. The van der Waals surface area contributed by atoms with E-state index < -0.39 is 0 Å². The van der Waals surface area contributed by atoms with Gasteiger partial charge >= 0.3 is 6.09 Å². The Balaban J connectivity index is 1.46. The lowest BCUT2D eigenvalue weighted by Gasteiger charge is -2.48. The van der Waals surface area contributed by atoms with Crippen LogP contribution >= 0.6 is 0 Å². The van der Waals surface area contributed by atoms with Crippen LogP contribution < -0.4 is 0 Å². The Kier molecular flexibility index (Phi) is 5.34. The quantitative estimate of drug-likeness (QED) is 0.628. The van der Waals surface area contributed by atoms with Gasteiger partial charge in [-0.3, -0.25) is 14.8 Å². The first kappa shape index (κ1) is 20.6. The molecule has 32 heavy (non-hydrogen) atoms. The van der Waals surface area contributed by atoms with Crippen molar-refractivity contribution in [2.75, 3.05) is 26.7 Å². The molecule has 1 aromatic carbocycles. The van der Waals surface area contributed by atoms with Crippen molar-refractivity contribution in [3.05, 3.63) is 66.0 Å². The molecule has 0 atom stereocenters. The third kappa shape index (κ3) is 3.62. The molecule has 2 aliphatic rings. The number of nitrogens with zero attached hydrogens (tertiary/aromatic N) is 6. The number of piperidine rings is 1. The third-order valence-corrected chi connectivity index (χ3v) is 6.51. The van der Waals surface area contributed by atoms with E-state index in [0.717, 1.165) is 43.1 Å². The zero-order valence-electron chi connectivity index (χ0n) is 17.9. The summed E-state index contributed by atoms with van der Waals surface area (Å²) in [6.07, 6.45) is 4.72. The summed E-state index contributed by atoms with van der Waals surface area (Å²) in [6.45, 7) is 2.97. The molecule has 1 amide bonds. The monoisotopic (exact) mass is 436 g/mol. The number of likely N-dealkylation sites (tertiary alicyclic amines) is 1. The molecular weight excluding hydrogens is 411 g/mol. The number of benzene rings is 1. The maximum absolute atomic E-state index is 14.2. The molecule has 1 spiro atoms. The molecule has 2 aromatic heterocycles. The van der Waals surface area contributed by atoms with Crippen LogP contribution in [-0.2, 0) is 23.4 Å². The fourth-order valence-corrected chi connectivity index (χ4v) is 4.89. The van der Waals surface area contributed by atoms with Crippen LogP contribution in [0.3, 0.4) is 0 Å². The molecule has 0 unspecified atom stereocenters. The van der Waals surface area contributed by atoms with Crippen molar-refractivity contribution >= 4 is 6.09 Å². The summed E-state index contributed by atoms with van der Waals surface area (Å²) in [5, 5.41) is 8.89. The Morgan fingerprint density at radius 1 is 1.16 bits per heavy atom. The van der Waals surface area contributed by atoms with Crippen LogP contribution in [0.1, 0.15) is 24.2 Å². The number of methoxy groups -OCH3 is 1. The summed E-state index contributed by atoms with van der Waals surface area (Å²) in [4.78, 5) is 20.6. The highest BCUT2D eigenvalue weighted by Gasteiger charge is 2.45. The zero-order valence-corrected chi connectivity index (χ0v) is 17.9. The highest BCUT2D eigenvalue weighted by atomic mass is 19.1. The number of carbonyl (C=O) groups excluding carboxylic acids is 1. The van der Waals surface area contributed by atoms with Gasteiger partial charge in [0, 0.05) is 49.7 Å². The Bertz CT molecular complexity index is 1110. The summed E-state index contributed by atoms with van der Waals surface area (Å²) in [6, 6.07) is 10.8. The zero-order chi connectivity index (χ0) is 22.1. The van der Waals surface area contributed by atoms with Gasteiger partial charge < -0.3 is 9.30 Å². The smallest absolute Gasteiger partial charge is 0.409 e. The molecule has 1 saturated heterocycles. The SMILES string of the molecule is COC(=O)N1Cc2nnc(-c3cccnc3)n2C2(CCN(Cc3ccccc3F)CC2)C1. The number of amides is 1. The van der Waals surface area contributed by atoms with Gasteiger partial charge in [0.1, 0.15) is 5.82 Å². The van der Waals surface area contributed by atoms with Gasteiger partial charge in [0.15, 0.2) is 11.6 Å². The number of fused-ring (bicyclic) bond motifs is 2. The van der Waals surface area contributed by atoms with Crippen LogP contribution in [-0.4, -0.2) is 62.4 Å². The Labute approximate surface area is 185 Å². The minimum Gasteiger partial charge on any atom is -0.453 e. The average Bonchev–Trinajstić information content (AvgIpc) is 3.27. The van der Waals surface area contributed by atoms with Crippen LogP contribution in [0.4, 0.5) is 9.18 Å². The lowest BCUT2D eigenvalue weighted by molar-refractivity contribution is 0.0339. The number of aromatic nitrogens is 4. The molecule has 5 rings (SSSR count). The molecule has 166 valence electrons. The van der Waals surface area contributed by atoms with E-state index >= 15 is 0 Å². The first-order valence-corrected chi connectivity index (χ1v) is 10.7. The largest absolute Gasteiger partial charge is 0.453 e. The number of hydrogen-bond acceptors (Lipinski definition) is 6. The second-order valence-corrected chi connectivity index (χ2v) is 8.43. The summed E-state index contributed by atoms with van der Waals surface area (Å²) in [7, 11) is 1.40. The summed E-state index contributed by atoms with van der Waals surface area (Å²) in [5.74, 6) is 1.32. The summed E-state index contributed by atoms with van der Waals surface area (Å²) in [5.41, 5.74) is 1.23. The van der Waals surface area contributed by atoms with Crippen molar-refractivity contribution in [3.63, 3.8) is 0 Å². The van der Waals surface area contributed by atoms with Gasteiger partial charge in [0.25, 0.3) is 0 Å². The number of carbonyl (C=O) groups is 1. The fraction of sp³-hybridized carbons (Fsp3) is 0.391. The van der Waals surface area contributed by atoms with Crippen molar-refractivity contribution in [2.24, 2.45) is 0 Å². The van der Waals surface area contributed by atoms with Crippen LogP contribution in [0.15, 0.2) is 48.8 Å².